The van der Waals surface area contributed by atoms with Gasteiger partial charge in [-0.05, 0) is 54.8 Å². The van der Waals surface area contributed by atoms with Gasteiger partial charge in [0.1, 0.15) is 10.0 Å². The van der Waals surface area contributed by atoms with Crippen LogP contribution in [0.15, 0.2) is 24.3 Å². The van der Waals surface area contributed by atoms with E-state index in [1.807, 2.05) is 0 Å². The molecule has 2 aromatic heterocycles. The van der Waals surface area contributed by atoms with Crippen LogP contribution < -0.4 is 21.3 Å². The number of thiazole rings is 1. The number of anilines is 1. The summed E-state index contributed by atoms with van der Waals surface area (Å²) in [6.07, 6.45) is 4.76. The topological polar surface area (TPSA) is 78.1 Å². The molecular formula is C25H31N5OS2. The number of hydrogen-bond acceptors (Lipinski definition) is 7. The third-order valence-corrected chi connectivity index (χ3v) is 8.32. The summed E-state index contributed by atoms with van der Waals surface area (Å²) in [5.41, 5.74) is 6.18. The molecule has 0 aliphatic carbocycles. The van der Waals surface area contributed by atoms with Gasteiger partial charge in [0.15, 0.2) is 0 Å². The monoisotopic (exact) mass is 481 g/mol. The van der Waals surface area contributed by atoms with E-state index in [1.54, 1.807) is 22.7 Å². The first-order chi connectivity index (χ1) is 16.1. The van der Waals surface area contributed by atoms with E-state index in [1.165, 1.54) is 26.3 Å². The molecule has 33 heavy (non-hydrogen) atoms. The molecule has 0 saturated carbocycles. The average molecular weight is 482 g/mol. The summed E-state index contributed by atoms with van der Waals surface area (Å²) in [7, 11) is 0. The third kappa shape index (κ3) is 5.05. The average Bonchev–Trinajstić information content (AvgIpc) is 3.39. The molecule has 4 N–H and O–H groups in total. The number of benzene rings is 1. The first-order valence-corrected chi connectivity index (χ1v) is 13.4. The van der Waals surface area contributed by atoms with E-state index in [0.717, 1.165) is 60.1 Å². The number of hydrogen-bond donors (Lipinski definition) is 4. The van der Waals surface area contributed by atoms with E-state index in [9.17, 15) is 4.79 Å². The summed E-state index contributed by atoms with van der Waals surface area (Å²) >= 11 is 3.42. The van der Waals surface area contributed by atoms with Gasteiger partial charge in [-0.15, -0.1) is 22.7 Å². The molecule has 8 heteroatoms. The van der Waals surface area contributed by atoms with Crippen LogP contribution in [0.4, 0.5) is 5.00 Å². The van der Waals surface area contributed by atoms with Crippen LogP contribution in [-0.4, -0.2) is 43.1 Å². The second-order valence-corrected chi connectivity index (χ2v) is 11.1. The molecule has 1 aromatic carbocycles. The first kappa shape index (κ1) is 22.7. The van der Waals surface area contributed by atoms with Crippen LogP contribution in [0.5, 0.6) is 0 Å². The van der Waals surface area contributed by atoms with Crippen LogP contribution in [0.1, 0.15) is 42.7 Å². The van der Waals surface area contributed by atoms with Gasteiger partial charge in [-0.2, -0.15) is 0 Å². The first-order valence-electron chi connectivity index (χ1n) is 11.8. The fourth-order valence-corrected chi connectivity index (χ4v) is 6.76. The Morgan fingerprint density at radius 1 is 1.18 bits per heavy atom. The Kier molecular flexibility index (Phi) is 6.89. The molecule has 2 aliphatic heterocycles. The number of rotatable bonds is 7. The number of aromatic nitrogens is 1. The molecule has 0 atom stereocenters. The molecule has 3 aromatic rings. The van der Waals surface area contributed by atoms with Gasteiger partial charge < -0.3 is 21.3 Å². The van der Waals surface area contributed by atoms with Gasteiger partial charge in [-0.25, -0.2) is 4.98 Å². The maximum absolute atomic E-state index is 12.7. The van der Waals surface area contributed by atoms with Crippen molar-refractivity contribution in [2.75, 3.05) is 31.5 Å². The quantitative estimate of drug-likeness (QED) is 0.403. The van der Waals surface area contributed by atoms with Crippen LogP contribution in [0.3, 0.4) is 0 Å². The van der Waals surface area contributed by atoms with Crippen molar-refractivity contribution >= 4 is 49.4 Å². The van der Waals surface area contributed by atoms with Gasteiger partial charge in [0.25, 0.3) is 0 Å². The smallest absolute Gasteiger partial charge is 0.226 e. The zero-order valence-electron chi connectivity index (χ0n) is 19.2. The van der Waals surface area contributed by atoms with Gasteiger partial charge in [-0.1, -0.05) is 26.0 Å². The molecule has 0 radical (unpaired) electrons. The van der Waals surface area contributed by atoms with E-state index in [-0.39, 0.29) is 5.91 Å². The number of fused-ring (bicyclic) bond motifs is 2. The summed E-state index contributed by atoms with van der Waals surface area (Å²) in [6.45, 7) is 8.64. The van der Waals surface area contributed by atoms with Crippen molar-refractivity contribution in [3.8, 4) is 10.6 Å². The molecule has 0 bridgehead atoms. The number of amides is 1. The van der Waals surface area contributed by atoms with Crippen molar-refractivity contribution in [3.63, 3.8) is 0 Å². The minimum atomic E-state index is 0.0530. The van der Waals surface area contributed by atoms with Gasteiger partial charge in [0.05, 0.1) is 10.2 Å². The Morgan fingerprint density at radius 2 is 2.06 bits per heavy atom. The largest absolute Gasteiger partial charge is 0.317 e. The fraction of sp³-hybridized carbons (Fsp3) is 0.440. The Hall–Kier alpha value is -2.10. The maximum Gasteiger partial charge on any atom is 0.226 e. The van der Waals surface area contributed by atoms with Crippen LogP contribution in [0.2, 0.25) is 0 Å². The molecule has 5 rings (SSSR count). The minimum absolute atomic E-state index is 0.0530. The Morgan fingerprint density at radius 3 is 2.88 bits per heavy atom. The van der Waals surface area contributed by atoms with Gasteiger partial charge in [-0.3, -0.25) is 4.79 Å². The summed E-state index contributed by atoms with van der Waals surface area (Å²) in [5, 5.41) is 15.3. The lowest BCUT2D eigenvalue weighted by molar-refractivity contribution is -0.116. The highest BCUT2D eigenvalue weighted by Gasteiger charge is 2.25. The zero-order valence-corrected chi connectivity index (χ0v) is 20.8. The Bertz CT molecular complexity index is 1190. The van der Waals surface area contributed by atoms with Crippen molar-refractivity contribution in [3.05, 3.63) is 40.3 Å². The van der Waals surface area contributed by atoms with Crippen LogP contribution >= 0.6 is 22.7 Å². The van der Waals surface area contributed by atoms with E-state index in [2.05, 4.69) is 59.4 Å². The predicted molar refractivity (Wildman–Crippen MR) is 140 cm³/mol. The summed E-state index contributed by atoms with van der Waals surface area (Å²) in [6, 6.07) is 7.02. The second-order valence-electron chi connectivity index (χ2n) is 8.93. The molecule has 0 fully saturated rings. The SMILES string of the molecule is CC(C)NCCC(=O)Nc1sc2c(c1-c1nc3cc(C4=CCNCC4)ccc3s1)CCNC2. The highest BCUT2D eigenvalue weighted by atomic mass is 32.1. The predicted octanol–water partition coefficient (Wildman–Crippen LogP) is 4.37. The van der Waals surface area contributed by atoms with Crippen molar-refractivity contribution < 1.29 is 4.79 Å². The van der Waals surface area contributed by atoms with E-state index >= 15 is 0 Å². The lowest BCUT2D eigenvalue weighted by atomic mass is 10.0. The van der Waals surface area contributed by atoms with Crippen molar-refractivity contribution in [2.24, 2.45) is 0 Å². The zero-order chi connectivity index (χ0) is 22.8. The van der Waals surface area contributed by atoms with E-state index in [4.69, 9.17) is 4.98 Å². The van der Waals surface area contributed by atoms with Gasteiger partial charge in [0, 0.05) is 42.5 Å². The molecule has 0 saturated heterocycles. The van der Waals surface area contributed by atoms with Gasteiger partial charge in [0.2, 0.25) is 5.91 Å². The highest BCUT2D eigenvalue weighted by Crippen LogP contribution is 2.45. The standard InChI is InChI=1S/C25H31N5OS2/c1-15(2)28-12-8-22(31)30-25-23(18-7-11-27-14-21(18)33-25)24-29-19-13-17(3-4-20(19)32-24)16-5-9-26-10-6-16/h3-5,13,15,26-28H,6-12,14H2,1-2H3,(H,30,31). The molecule has 1 amide bonds. The van der Waals surface area contributed by atoms with Crippen LogP contribution in [0.25, 0.3) is 26.4 Å². The van der Waals surface area contributed by atoms with Crippen molar-refractivity contribution in [1.29, 1.82) is 0 Å². The summed E-state index contributed by atoms with van der Waals surface area (Å²) in [5.74, 6) is 0.0530. The lowest BCUT2D eigenvalue weighted by Gasteiger charge is -2.14. The van der Waals surface area contributed by atoms with Crippen LogP contribution in [0, 0.1) is 0 Å². The maximum atomic E-state index is 12.7. The lowest BCUT2D eigenvalue weighted by Crippen LogP contribution is -2.27. The molecule has 174 valence electrons. The van der Waals surface area contributed by atoms with E-state index in [0.29, 0.717) is 19.0 Å². The number of carbonyl (C=O) groups excluding carboxylic acids is 1. The highest BCUT2D eigenvalue weighted by molar-refractivity contribution is 7.23. The molecular weight excluding hydrogens is 450 g/mol. The third-order valence-electron chi connectivity index (χ3n) is 6.12. The van der Waals surface area contributed by atoms with E-state index < -0.39 is 0 Å². The molecule has 0 spiro atoms. The molecule has 2 aliphatic rings. The normalized spacial score (nSPS) is 16.2. The van der Waals surface area contributed by atoms with Crippen molar-refractivity contribution in [1.82, 2.24) is 20.9 Å². The fourth-order valence-electron chi connectivity index (χ4n) is 4.43. The summed E-state index contributed by atoms with van der Waals surface area (Å²) < 4.78 is 1.19. The second kappa shape index (κ2) is 10.0. The number of nitrogens with one attached hydrogen (secondary N) is 4. The minimum Gasteiger partial charge on any atom is -0.317 e. The Balaban J connectivity index is 1.46. The van der Waals surface area contributed by atoms with Gasteiger partial charge >= 0.3 is 0 Å². The van der Waals surface area contributed by atoms with Crippen LogP contribution in [-0.2, 0) is 17.8 Å². The molecule has 6 nitrogen and oxygen atoms in total. The summed E-state index contributed by atoms with van der Waals surface area (Å²) in [4.78, 5) is 19.1. The molecule has 4 heterocycles. The Labute approximate surface area is 202 Å². The number of thiophene rings is 1. The van der Waals surface area contributed by atoms with Crippen molar-refractivity contribution in [2.45, 2.75) is 45.7 Å². The number of nitrogens with zero attached hydrogens (tertiary/aromatic N) is 1. The number of carbonyl (C=O) groups is 1. The molecule has 0 unspecified atom stereocenters.